The van der Waals surface area contributed by atoms with Gasteiger partial charge in [0, 0.05) is 24.6 Å². The molecule has 0 saturated carbocycles. The number of aliphatic hydroxyl groups is 1. The Kier molecular flexibility index (Phi) is 10.4. The molecule has 10 heteroatoms. The number of nitrogens with one attached hydrogen (secondary N) is 1. The van der Waals surface area contributed by atoms with E-state index in [-0.39, 0.29) is 48.2 Å². The summed E-state index contributed by atoms with van der Waals surface area (Å²) in [6, 6.07) is 23.3. The SMILES string of the molecule is C[C@H]1[C@@H](CN2CCC[C@H]2C(=O)OC(C)(C)C)O[C@@H](c2ccc(CNS(=O)(=O)c3ccccc3)cc2)O[C@H]1c1ccc(CO)cc1. The topological polar surface area (TPSA) is 114 Å². The van der Waals surface area contributed by atoms with Gasteiger partial charge >= 0.3 is 5.97 Å². The van der Waals surface area contributed by atoms with E-state index >= 15 is 0 Å². The molecule has 2 heterocycles. The molecule has 45 heavy (non-hydrogen) atoms. The monoisotopic (exact) mass is 636 g/mol. The van der Waals surface area contributed by atoms with Gasteiger partial charge < -0.3 is 19.3 Å². The van der Waals surface area contributed by atoms with Gasteiger partial charge in [0.1, 0.15) is 11.6 Å². The van der Waals surface area contributed by atoms with Gasteiger partial charge in [-0.25, -0.2) is 13.1 Å². The highest BCUT2D eigenvalue weighted by molar-refractivity contribution is 7.89. The van der Waals surface area contributed by atoms with Gasteiger partial charge in [-0.3, -0.25) is 9.69 Å². The van der Waals surface area contributed by atoms with E-state index in [0.717, 1.165) is 41.6 Å². The molecule has 2 aliphatic heterocycles. The minimum Gasteiger partial charge on any atom is -0.459 e. The Labute approximate surface area is 266 Å². The Morgan fingerprint density at radius 1 is 0.956 bits per heavy atom. The van der Waals surface area contributed by atoms with Gasteiger partial charge in [0.15, 0.2) is 6.29 Å². The van der Waals surface area contributed by atoms with Crippen molar-refractivity contribution >= 4 is 16.0 Å². The number of carbonyl (C=O) groups is 1. The summed E-state index contributed by atoms with van der Waals surface area (Å²) < 4.78 is 46.9. The van der Waals surface area contributed by atoms with E-state index in [0.29, 0.717) is 6.54 Å². The quantitative estimate of drug-likeness (QED) is 0.290. The van der Waals surface area contributed by atoms with Gasteiger partial charge in [0.25, 0.3) is 0 Å². The second-order valence-electron chi connectivity index (χ2n) is 12.9. The fraction of sp³-hybridized carbons (Fsp3) is 0.457. The lowest BCUT2D eigenvalue weighted by atomic mass is 9.90. The predicted molar refractivity (Wildman–Crippen MR) is 170 cm³/mol. The predicted octanol–water partition coefficient (Wildman–Crippen LogP) is 5.25. The zero-order valence-electron chi connectivity index (χ0n) is 26.4. The molecule has 3 aromatic carbocycles. The number of ether oxygens (including phenoxy) is 3. The summed E-state index contributed by atoms with van der Waals surface area (Å²) in [6.45, 7) is 9.19. The fourth-order valence-electron chi connectivity index (χ4n) is 5.89. The van der Waals surface area contributed by atoms with Crippen molar-refractivity contribution in [1.29, 1.82) is 0 Å². The van der Waals surface area contributed by atoms with Gasteiger partial charge in [0.05, 0.1) is 23.7 Å². The maximum atomic E-state index is 13.1. The maximum absolute atomic E-state index is 13.1. The summed E-state index contributed by atoms with van der Waals surface area (Å²) >= 11 is 0. The average Bonchev–Trinajstić information content (AvgIpc) is 3.49. The lowest BCUT2D eigenvalue weighted by Crippen LogP contribution is -2.48. The molecule has 242 valence electrons. The number of esters is 1. The fourth-order valence-corrected chi connectivity index (χ4v) is 6.93. The third-order valence-corrected chi connectivity index (χ3v) is 9.77. The smallest absolute Gasteiger partial charge is 0.323 e. The van der Waals surface area contributed by atoms with E-state index in [1.54, 1.807) is 30.3 Å². The highest BCUT2D eigenvalue weighted by Gasteiger charge is 2.42. The van der Waals surface area contributed by atoms with Gasteiger partial charge in [-0.2, -0.15) is 0 Å². The molecule has 0 unspecified atom stereocenters. The third-order valence-electron chi connectivity index (χ3n) is 8.35. The van der Waals surface area contributed by atoms with Crippen molar-refractivity contribution < 1.29 is 32.5 Å². The van der Waals surface area contributed by atoms with Crippen LogP contribution in [0.25, 0.3) is 0 Å². The molecule has 0 radical (unpaired) electrons. The van der Waals surface area contributed by atoms with Crippen LogP contribution in [-0.2, 0) is 42.2 Å². The Hall–Kier alpha value is -3.12. The van der Waals surface area contributed by atoms with Crippen molar-refractivity contribution in [2.45, 2.75) is 88.7 Å². The second kappa shape index (κ2) is 14.1. The largest absolute Gasteiger partial charge is 0.459 e. The third kappa shape index (κ3) is 8.38. The molecule has 2 N–H and O–H groups in total. The lowest BCUT2D eigenvalue weighted by molar-refractivity contribution is -0.276. The molecule has 3 aromatic rings. The van der Waals surface area contributed by atoms with Gasteiger partial charge in [-0.05, 0) is 69.0 Å². The van der Waals surface area contributed by atoms with Crippen molar-refractivity contribution in [3.05, 3.63) is 101 Å². The molecule has 5 atom stereocenters. The van der Waals surface area contributed by atoms with Crippen LogP contribution < -0.4 is 4.72 Å². The van der Waals surface area contributed by atoms with Crippen LogP contribution in [-0.4, -0.2) is 55.2 Å². The highest BCUT2D eigenvalue weighted by Crippen LogP contribution is 2.42. The van der Waals surface area contributed by atoms with Crippen LogP contribution in [0.4, 0.5) is 0 Å². The van der Waals surface area contributed by atoms with Crippen molar-refractivity contribution in [3.8, 4) is 0 Å². The van der Waals surface area contributed by atoms with Gasteiger partial charge in [-0.1, -0.05) is 73.7 Å². The zero-order chi connectivity index (χ0) is 32.2. The molecule has 9 nitrogen and oxygen atoms in total. The van der Waals surface area contributed by atoms with Crippen molar-refractivity contribution in [1.82, 2.24) is 9.62 Å². The highest BCUT2D eigenvalue weighted by atomic mass is 32.2. The normalized spacial score (nSPS) is 24.4. The number of benzene rings is 3. The molecule has 0 aromatic heterocycles. The van der Waals surface area contributed by atoms with Gasteiger partial charge in [0.2, 0.25) is 10.0 Å². The minimum atomic E-state index is -3.63. The Morgan fingerprint density at radius 3 is 2.24 bits per heavy atom. The number of sulfonamides is 1. The molecule has 0 amide bonds. The number of hydrogen-bond acceptors (Lipinski definition) is 8. The molecule has 2 fully saturated rings. The standard InChI is InChI=1S/C35H44N2O7S/c1-24-31(22-37-20-8-11-30(37)33(39)44-35(2,3)4)42-34(43-32(24)27-16-14-26(23-38)15-17-27)28-18-12-25(13-19-28)21-36-45(40,41)29-9-6-5-7-10-29/h5-7,9-10,12-19,24,30-32,34,36,38H,8,11,20-23H2,1-4H3/t24-,30-,31+,32+,34+/m0/s1. The van der Waals surface area contributed by atoms with Crippen LogP contribution in [0.1, 0.15) is 75.2 Å². The number of aliphatic hydroxyl groups excluding tert-OH is 1. The molecule has 0 bridgehead atoms. The average molecular weight is 637 g/mol. The van der Waals surface area contributed by atoms with Crippen LogP contribution in [0.2, 0.25) is 0 Å². The number of nitrogens with zero attached hydrogens (tertiary/aromatic N) is 1. The van der Waals surface area contributed by atoms with Crippen LogP contribution in [0, 0.1) is 5.92 Å². The van der Waals surface area contributed by atoms with E-state index < -0.39 is 21.9 Å². The Balaban J connectivity index is 1.33. The number of carbonyl (C=O) groups excluding carboxylic acids is 1. The lowest BCUT2D eigenvalue weighted by Gasteiger charge is -2.43. The summed E-state index contributed by atoms with van der Waals surface area (Å²) in [7, 11) is -3.63. The van der Waals surface area contributed by atoms with Crippen LogP contribution in [0.3, 0.4) is 0 Å². The van der Waals surface area contributed by atoms with Crippen molar-refractivity contribution in [2.24, 2.45) is 5.92 Å². The Morgan fingerprint density at radius 2 is 1.60 bits per heavy atom. The van der Waals surface area contributed by atoms with E-state index in [1.165, 1.54) is 0 Å². The first-order valence-corrected chi connectivity index (χ1v) is 17.0. The van der Waals surface area contributed by atoms with E-state index in [1.807, 2.05) is 69.3 Å². The Bertz CT molecular complexity index is 1520. The first-order chi connectivity index (χ1) is 21.4. The minimum absolute atomic E-state index is 0.0345. The summed E-state index contributed by atoms with van der Waals surface area (Å²) in [5.74, 6) is -0.237. The van der Waals surface area contributed by atoms with Crippen molar-refractivity contribution in [3.63, 3.8) is 0 Å². The van der Waals surface area contributed by atoms with Crippen LogP contribution in [0.5, 0.6) is 0 Å². The van der Waals surface area contributed by atoms with Crippen LogP contribution >= 0.6 is 0 Å². The van der Waals surface area contributed by atoms with Gasteiger partial charge in [-0.15, -0.1) is 0 Å². The van der Waals surface area contributed by atoms with Crippen LogP contribution in [0.15, 0.2) is 83.8 Å². The maximum Gasteiger partial charge on any atom is 0.323 e. The molecule has 5 rings (SSSR count). The first kappa shape index (κ1) is 33.2. The summed E-state index contributed by atoms with van der Waals surface area (Å²) in [5.41, 5.74) is 2.85. The van der Waals surface area contributed by atoms with E-state index in [2.05, 4.69) is 16.5 Å². The van der Waals surface area contributed by atoms with E-state index in [9.17, 15) is 18.3 Å². The van der Waals surface area contributed by atoms with E-state index in [4.69, 9.17) is 14.2 Å². The summed E-state index contributed by atoms with van der Waals surface area (Å²) in [4.78, 5) is 15.5. The number of hydrogen-bond donors (Lipinski definition) is 2. The zero-order valence-corrected chi connectivity index (χ0v) is 27.2. The molecule has 2 saturated heterocycles. The first-order valence-electron chi connectivity index (χ1n) is 15.5. The molecular formula is C35H44N2O7S. The molecule has 0 aliphatic carbocycles. The number of rotatable bonds is 10. The second-order valence-corrected chi connectivity index (χ2v) is 14.7. The molecule has 2 aliphatic rings. The summed E-state index contributed by atoms with van der Waals surface area (Å²) in [6.07, 6.45) is 0.448. The molecular weight excluding hydrogens is 592 g/mol. The number of likely N-dealkylation sites (tertiary alicyclic amines) is 1. The molecule has 0 spiro atoms. The summed E-state index contributed by atoms with van der Waals surface area (Å²) in [5, 5.41) is 9.55. The van der Waals surface area contributed by atoms with Crippen molar-refractivity contribution in [2.75, 3.05) is 13.1 Å².